The molecule has 8 heteroatoms. The molecule has 0 saturated carbocycles. The Kier molecular flexibility index (Phi) is 3.50. The van der Waals surface area contributed by atoms with Crippen molar-refractivity contribution in [3.8, 4) is 0 Å². The third-order valence-electron chi connectivity index (χ3n) is 4.75. The van der Waals surface area contributed by atoms with Crippen molar-refractivity contribution in [3.63, 3.8) is 0 Å². The van der Waals surface area contributed by atoms with Gasteiger partial charge in [0.1, 0.15) is 0 Å². The van der Waals surface area contributed by atoms with Crippen LogP contribution in [0, 0.1) is 12.8 Å². The van der Waals surface area contributed by atoms with Crippen LogP contribution in [-0.4, -0.2) is 25.6 Å². The quantitative estimate of drug-likeness (QED) is 0.722. The molecule has 130 valence electrons. The molecule has 1 aliphatic heterocycles. The number of aryl methyl sites for hydroxylation is 1. The Morgan fingerprint density at radius 3 is 2.80 bits per heavy atom. The number of imidazole rings is 1. The lowest BCUT2D eigenvalue weighted by Crippen LogP contribution is -2.35. The van der Waals surface area contributed by atoms with Gasteiger partial charge in [0.05, 0.1) is 0 Å². The average Bonchev–Trinajstić information content (AvgIpc) is 2.94. The molecule has 0 bridgehead atoms. The average molecular weight is 360 g/mol. The van der Waals surface area contributed by atoms with E-state index < -0.39 is 11.2 Å². The SMILES string of the molecule is Cc1c(Cl)cccc1N1CC(C)Cn2c1nc1c2c(=O)[nH]c(=O)n1C. The molecular formula is C17H18ClN5O2. The van der Waals surface area contributed by atoms with Crippen LogP contribution >= 0.6 is 11.6 Å². The first kappa shape index (κ1) is 16.0. The number of nitrogens with zero attached hydrogens (tertiary/aromatic N) is 4. The summed E-state index contributed by atoms with van der Waals surface area (Å²) in [6.45, 7) is 5.52. The first-order chi connectivity index (χ1) is 11.9. The van der Waals surface area contributed by atoms with Crippen LogP contribution < -0.4 is 16.1 Å². The highest BCUT2D eigenvalue weighted by Gasteiger charge is 2.29. The van der Waals surface area contributed by atoms with E-state index >= 15 is 0 Å². The Morgan fingerprint density at radius 1 is 1.28 bits per heavy atom. The number of aromatic nitrogens is 4. The van der Waals surface area contributed by atoms with Crippen molar-refractivity contribution in [1.82, 2.24) is 19.1 Å². The van der Waals surface area contributed by atoms with E-state index in [1.165, 1.54) is 4.57 Å². The molecule has 0 fully saturated rings. The van der Waals surface area contributed by atoms with Crippen molar-refractivity contribution in [2.24, 2.45) is 13.0 Å². The van der Waals surface area contributed by atoms with Gasteiger partial charge >= 0.3 is 5.69 Å². The van der Waals surface area contributed by atoms with Gasteiger partial charge in [-0.25, -0.2) is 4.79 Å². The van der Waals surface area contributed by atoms with Crippen LogP contribution in [0.15, 0.2) is 27.8 Å². The van der Waals surface area contributed by atoms with E-state index in [1.807, 2.05) is 29.7 Å². The fourth-order valence-electron chi connectivity index (χ4n) is 3.46. The maximum atomic E-state index is 12.4. The number of anilines is 2. The van der Waals surface area contributed by atoms with Gasteiger partial charge in [-0.1, -0.05) is 24.6 Å². The summed E-state index contributed by atoms with van der Waals surface area (Å²) in [5.74, 6) is 0.963. The fraction of sp³-hybridized carbons (Fsp3) is 0.353. The zero-order chi connectivity index (χ0) is 17.9. The molecule has 0 radical (unpaired) electrons. The van der Waals surface area contributed by atoms with E-state index in [1.54, 1.807) is 7.05 Å². The van der Waals surface area contributed by atoms with Crippen LogP contribution in [-0.2, 0) is 13.6 Å². The molecule has 0 spiro atoms. The lowest BCUT2D eigenvalue weighted by atomic mass is 10.1. The van der Waals surface area contributed by atoms with Crippen molar-refractivity contribution >= 4 is 34.4 Å². The largest absolute Gasteiger partial charge is 0.329 e. The number of halogens is 1. The molecule has 1 atom stereocenters. The predicted molar refractivity (Wildman–Crippen MR) is 98.0 cm³/mol. The number of rotatable bonds is 1. The Labute approximate surface area is 148 Å². The smallest absolute Gasteiger partial charge is 0.311 e. The minimum absolute atomic E-state index is 0.305. The fourth-order valence-corrected chi connectivity index (χ4v) is 3.63. The van der Waals surface area contributed by atoms with Gasteiger partial charge in [0.15, 0.2) is 11.2 Å². The second kappa shape index (κ2) is 5.49. The highest BCUT2D eigenvalue weighted by Crippen LogP contribution is 2.36. The van der Waals surface area contributed by atoms with E-state index in [4.69, 9.17) is 11.6 Å². The molecule has 1 aromatic carbocycles. The van der Waals surface area contributed by atoms with Gasteiger partial charge in [0.25, 0.3) is 5.56 Å². The van der Waals surface area contributed by atoms with Gasteiger partial charge < -0.3 is 9.47 Å². The van der Waals surface area contributed by atoms with Gasteiger partial charge in [0, 0.05) is 30.8 Å². The van der Waals surface area contributed by atoms with Gasteiger partial charge in [-0.3, -0.25) is 14.3 Å². The third kappa shape index (κ3) is 2.30. The van der Waals surface area contributed by atoms with Crippen molar-refractivity contribution < 1.29 is 0 Å². The van der Waals surface area contributed by atoms with E-state index in [2.05, 4.69) is 21.8 Å². The van der Waals surface area contributed by atoms with Gasteiger partial charge in [0.2, 0.25) is 5.95 Å². The number of hydrogen-bond donors (Lipinski definition) is 1. The van der Waals surface area contributed by atoms with E-state index in [0.717, 1.165) is 17.8 Å². The van der Waals surface area contributed by atoms with Gasteiger partial charge in [-0.2, -0.15) is 4.98 Å². The molecule has 7 nitrogen and oxygen atoms in total. The Bertz CT molecular complexity index is 1110. The molecule has 1 N–H and O–H groups in total. The normalized spacial score (nSPS) is 17.1. The van der Waals surface area contributed by atoms with E-state index in [0.29, 0.717) is 34.6 Å². The standard InChI is InChI=1S/C17H18ClN5O2/c1-9-7-22(12-6-4-5-11(18)10(12)2)16-19-14-13(23(16)8-9)15(24)20-17(25)21(14)3/h4-6,9H,7-8H2,1-3H3,(H,20,24,25). The molecule has 4 rings (SSSR count). The molecule has 1 aliphatic rings. The predicted octanol–water partition coefficient (Wildman–Crippen LogP) is 2.17. The number of aromatic amines is 1. The van der Waals surface area contributed by atoms with Gasteiger partial charge in [-0.15, -0.1) is 0 Å². The molecule has 0 saturated heterocycles. The lowest BCUT2D eigenvalue weighted by Gasteiger charge is -2.34. The lowest BCUT2D eigenvalue weighted by molar-refractivity contribution is 0.458. The third-order valence-corrected chi connectivity index (χ3v) is 5.16. The molecule has 2 aromatic heterocycles. The summed E-state index contributed by atoms with van der Waals surface area (Å²) in [6.07, 6.45) is 0. The van der Waals surface area contributed by atoms with E-state index in [-0.39, 0.29) is 0 Å². The van der Waals surface area contributed by atoms with Crippen LogP contribution in [0.4, 0.5) is 11.6 Å². The van der Waals surface area contributed by atoms with Crippen LogP contribution in [0.25, 0.3) is 11.2 Å². The maximum Gasteiger partial charge on any atom is 0.329 e. The molecular weight excluding hydrogens is 342 g/mol. The van der Waals surface area contributed by atoms with Crippen LogP contribution in [0.3, 0.4) is 0 Å². The zero-order valence-corrected chi connectivity index (χ0v) is 15.0. The number of fused-ring (bicyclic) bond motifs is 3. The minimum Gasteiger partial charge on any atom is -0.311 e. The van der Waals surface area contributed by atoms with Crippen molar-refractivity contribution in [1.29, 1.82) is 0 Å². The number of hydrogen-bond acceptors (Lipinski definition) is 4. The maximum absolute atomic E-state index is 12.4. The number of H-pyrrole nitrogens is 1. The topological polar surface area (TPSA) is 75.9 Å². The second-order valence-corrected chi connectivity index (χ2v) is 7.02. The van der Waals surface area contributed by atoms with Crippen LogP contribution in [0.5, 0.6) is 0 Å². The molecule has 0 aliphatic carbocycles. The Morgan fingerprint density at radius 2 is 2.04 bits per heavy atom. The molecule has 25 heavy (non-hydrogen) atoms. The zero-order valence-electron chi connectivity index (χ0n) is 14.2. The summed E-state index contributed by atoms with van der Waals surface area (Å²) in [7, 11) is 1.61. The minimum atomic E-state index is -0.466. The number of nitrogens with one attached hydrogen (secondary N) is 1. The second-order valence-electron chi connectivity index (χ2n) is 6.61. The summed E-state index contributed by atoms with van der Waals surface area (Å²) in [5.41, 5.74) is 1.85. The highest BCUT2D eigenvalue weighted by atomic mass is 35.5. The van der Waals surface area contributed by atoms with E-state index in [9.17, 15) is 9.59 Å². The summed E-state index contributed by atoms with van der Waals surface area (Å²) >= 11 is 6.29. The summed E-state index contributed by atoms with van der Waals surface area (Å²) in [6, 6.07) is 5.75. The first-order valence-electron chi connectivity index (χ1n) is 8.10. The van der Waals surface area contributed by atoms with Crippen LogP contribution in [0.1, 0.15) is 12.5 Å². The molecule has 1 unspecified atom stereocenters. The Balaban J connectivity index is 2.04. The highest BCUT2D eigenvalue weighted by molar-refractivity contribution is 6.31. The summed E-state index contributed by atoms with van der Waals surface area (Å²) < 4.78 is 3.26. The van der Waals surface area contributed by atoms with Crippen molar-refractivity contribution in [2.45, 2.75) is 20.4 Å². The Hall–Kier alpha value is -2.54. The van der Waals surface area contributed by atoms with Crippen molar-refractivity contribution in [2.75, 3.05) is 11.4 Å². The molecule has 0 amide bonds. The molecule has 3 heterocycles. The van der Waals surface area contributed by atoms with Crippen molar-refractivity contribution in [3.05, 3.63) is 49.6 Å². The monoisotopic (exact) mass is 359 g/mol. The number of benzene rings is 1. The summed E-state index contributed by atoms with van der Waals surface area (Å²) in [4.78, 5) is 33.3. The molecule has 3 aromatic rings. The van der Waals surface area contributed by atoms with Crippen LogP contribution in [0.2, 0.25) is 5.02 Å². The van der Waals surface area contributed by atoms with Gasteiger partial charge in [-0.05, 0) is 30.5 Å². The first-order valence-corrected chi connectivity index (χ1v) is 8.48. The summed E-state index contributed by atoms with van der Waals surface area (Å²) in [5, 5.41) is 0.684.